The monoisotopic (exact) mass is 540 g/mol. The van der Waals surface area contributed by atoms with Gasteiger partial charge >= 0.3 is 0 Å². The minimum absolute atomic E-state index is 0.556. The van der Waals surface area contributed by atoms with E-state index in [4.69, 9.17) is 35.0 Å². The lowest BCUT2D eigenvalue weighted by Gasteiger charge is -2.05. The van der Waals surface area contributed by atoms with Crippen molar-refractivity contribution in [3.05, 3.63) is 51.4 Å². The lowest BCUT2D eigenvalue weighted by atomic mass is 10.1. The first-order valence-corrected chi connectivity index (χ1v) is 15.0. The molecular weight excluding hydrogens is 525 g/mol. The fourth-order valence-electron chi connectivity index (χ4n) is 2.55. The molecule has 2 nitrogen and oxygen atoms in total. The van der Waals surface area contributed by atoms with Gasteiger partial charge in [-0.15, -0.1) is 68.9 Å². The summed E-state index contributed by atoms with van der Waals surface area (Å²) in [6, 6.07) is 13.2. The van der Waals surface area contributed by atoms with Crippen LogP contribution < -0.4 is 0 Å². The van der Waals surface area contributed by atoms with Crippen molar-refractivity contribution in [2.45, 2.75) is 34.1 Å². The molecule has 2 aromatic heterocycles. The molecule has 0 radical (unpaired) electrons. The first kappa shape index (κ1) is 24.1. The summed E-state index contributed by atoms with van der Waals surface area (Å²) in [7, 11) is 0. The highest BCUT2D eigenvalue weighted by atomic mass is 32.2. The Morgan fingerprint density at radius 2 is 1.10 bits per heavy atom. The molecule has 0 unspecified atom stereocenters. The summed E-state index contributed by atoms with van der Waals surface area (Å²) < 4.78 is 4.39. The third-order valence-corrected chi connectivity index (χ3v) is 12.1. The SMILES string of the molecule is N#CCCSc1sc(=S)sc1Cc1ccc(Cc2sc(=S)sc2SCCC#N)cc1. The highest BCUT2D eigenvalue weighted by molar-refractivity contribution is 8.02. The van der Waals surface area contributed by atoms with Gasteiger partial charge in [0.05, 0.1) is 20.6 Å². The van der Waals surface area contributed by atoms with Crippen LogP contribution in [-0.2, 0) is 12.8 Å². The molecule has 10 heteroatoms. The van der Waals surface area contributed by atoms with Crippen molar-refractivity contribution in [2.75, 3.05) is 11.5 Å². The molecular formula is C20H16N2S8. The van der Waals surface area contributed by atoms with Crippen LogP contribution in [0.4, 0.5) is 0 Å². The fourth-order valence-corrected chi connectivity index (χ4v) is 11.2. The van der Waals surface area contributed by atoms with Crippen molar-refractivity contribution >= 4 is 93.3 Å². The van der Waals surface area contributed by atoms with Crippen LogP contribution in [0, 0.1) is 28.9 Å². The molecule has 0 aliphatic heterocycles. The van der Waals surface area contributed by atoms with Crippen molar-refractivity contribution < 1.29 is 0 Å². The average Bonchev–Trinajstić information content (AvgIpc) is 3.25. The van der Waals surface area contributed by atoms with Gasteiger partial charge in [-0.2, -0.15) is 10.5 Å². The van der Waals surface area contributed by atoms with Crippen molar-refractivity contribution in [3.8, 4) is 12.1 Å². The van der Waals surface area contributed by atoms with Gasteiger partial charge in [0, 0.05) is 46.9 Å². The van der Waals surface area contributed by atoms with E-state index in [0.29, 0.717) is 12.8 Å². The normalized spacial score (nSPS) is 10.6. The highest BCUT2D eigenvalue weighted by Gasteiger charge is 2.11. The molecule has 30 heavy (non-hydrogen) atoms. The maximum absolute atomic E-state index is 8.76. The molecule has 1 aromatic carbocycles. The van der Waals surface area contributed by atoms with Crippen LogP contribution in [0.2, 0.25) is 0 Å². The smallest absolute Gasteiger partial charge is 0.145 e. The Morgan fingerprint density at radius 3 is 1.47 bits per heavy atom. The number of hydrogen-bond acceptors (Lipinski definition) is 10. The molecule has 0 aliphatic carbocycles. The zero-order chi connectivity index (χ0) is 21.3. The number of rotatable bonds is 10. The molecule has 0 N–H and O–H groups in total. The predicted molar refractivity (Wildman–Crippen MR) is 140 cm³/mol. The molecule has 0 atom stereocenters. The quantitative estimate of drug-likeness (QED) is 0.146. The van der Waals surface area contributed by atoms with Gasteiger partial charge < -0.3 is 0 Å². The molecule has 2 heterocycles. The largest absolute Gasteiger partial charge is 0.198 e. The maximum atomic E-state index is 8.76. The summed E-state index contributed by atoms with van der Waals surface area (Å²) in [4.78, 5) is 2.60. The molecule has 0 bridgehead atoms. The first-order valence-electron chi connectivity index (χ1n) is 8.92. The number of benzene rings is 1. The summed E-state index contributed by atoms with van der Waals surface area (Å²) >= 11 is 20.9. The summed E-state index contributed by atoms with van der Waals surface area (Å²) in [5.41, 5.74) is 2.54. The number of thioether (sulfide) groups is 2. The van der Waals surface area contributed by atoms with Gasteiger partial charge in [-0.1, -0.05) is 48.7 Å². The van der Waals surface area contributed by atoms with Crippen LogP contribution in [0.1, 0.15) is 33.7 Å². The zero-order valence-electron chi connectivity index (χ0n) is 15.7. The van der Waals surface area contributed by atoms with Crippen molar-refractivity contribution in [1.29, 1.82) is 10.5 Å². The molecule has 3 rings (SSSR count). The van der Waals surface area contributed by atoms with Gasteiger partial charge in [-0.3, -0.25) is 0 Å². The third kappa shape index (κ3) is 7.25. The van der Waals surface area contributed by atoms with Gasteiger partial charge in [0.25, 0.3) is 0 Å². The maximum Gasteiger partial charge on any atom is 0.145 e. The van der Waals surface area contributed by atoms with E-state index in [9.17, 15) is 0 Å². The molecule has 0 saturated carbocycles. The van der Waals surface area contributed by atoms with Gasteiger partial charge in [0.2, 0.25) is 0 Å². The lowest BCUT2D eigenvalue weighted by Crippen LogP contribution is -1.90. The number of nitriles is 2. The zero-order valence-corrected chi connectivity index (χ0v) is 22.2. The molecule has 0 spiro atoms. The van der Waals surface area contributed by atoms with Crippen molar-refractivity contribution in [1.82, 2.24) is 0 Å². The van der Waals surface area contributed by atoms with Crippen molar-refractivity contribution in [3.63, 3.8) is 0 Å². The van der Waals surface area contributed by atoms with E-state index in [1.165, 1.54) is 29.3 Å². The van der Waals surface area contributed by atoms with E-state index in [1.54, 1.807) is 68.9 Å². The Balaban J connectivity index is 1.67. The average molecular weight is 541 g/mol. The summed E-state index contributed by atoms with van der Waals surface area (Å²) in [5, 5.41) is 17.5. The molecule has 3 aromatic rings. The van der Waals surface area contributed by atoms with E-state index < -0.39 is 0 Å². The summed E-state index contributed by atoms with van der Waals surface area (Å²) in [5.74, 6) is 1.62. The van der Waals surface area contributed by atoms with Gasteiger partial charge in [-0.25, -0.2) is 0 Å². The molecule has 0 aliphatic rings. The topological polar surface area (TPSA) is 47.6 Å². The number of nitrogens with zero attached hydrogens (tertiary/aromatic N) is 2. The van der Waals surface area contributed by atoms with E-state index in [-0.39, 0.29) is 0 Å². The summed E-state index contributed by atoms with van der Waals surface area (Å²) in [6.07, 6.45) is 2.86. The van der Waals surface area contributed by atoms with Crippen LogP contribution in [0.5, 0.6) is 0 Å². The first-order chi connectivity index (χ1) is 14.6. The fraction of sp³-hybridized carbons (Fsp3) is 0.300. The van der Waals surface area contributed by atoms with Crippen LogP contribution in [-0.4, -0.2) is 11.5 Å². The van der Waals surface area contributed by atoms with Gasteiger partial charge in [0.15, 0.2) is 0 Å². The Hall–Kier alpha value is -0.560. The second-order valence-electron chi connectivity index (χ2n) is 6.01. The predicted octanol–water partition coefficient (Wildman–Crippen LogP) is 8.58. The van der Waals surface area contributed by atoms with Crippen LogP contribution >= 0.6 is 93.3 Å². The van der Waals surface area contributed by atoms with Gasteiger partial charge in [0.1, 0.15) is 6.28 Å². The van der Waals surface area contributed by atoms with Gasteiger partial charge in [-0.05, 0) is 11.1 Å². The third-order valence-electron chi connectivity index (χ3n) is 3.87. The minimum atomic E-state index is 0.556. The second-order valence-corrected chi connectivity index (χ2v) is 15.4. The number of hydrogen-bond donors (Lipinski definition) is 0. The minimum Gasteiger partial charge on any atom is -0.198 e. The molecule has 0 amide bonds. The molecule has 0 saturated heterocycles. The Kier molecular flexibility index (Phi) is 10.0. The Morgan fingerprint density at radius 1 is 0.700 bits per heavy atom. The van der Waals surface area contributed by atoms with Crippen LogP contribution in [0.15, 0.2) is 32.7 Å². The van der Waals surface area contributed by atoms with E-state index in [2.05, 4.69) is 36.4 Å². The lowest BCUT2D eigenvalue weighted by molar-refractivity contribution is 1.16. The van der Waals surface area contributed by atoms with E-state index in [1.807, 2.05) is 0 Å². The Bertz CT molecular complexity index is 1070. The summed E-state index contributed by atoms with van der Waals surface area (Å²) in [6.45, 7) is 0. The highest BCUT2D eigenvalue weighted by Crippen LogP contribution is 2.37. The van der Waals surface area contributed by atoms with Crippen molar-refractivity contribution in [2.24, 2.45) is 0 Å². The van der Waals surface area contributed by atoms with Crippen LogP contribution in [0.25, 0.3) is 0 Å². The van der Waals surface area contributed by atoms with Crippen LogP contribution in [0.3, 0.4) is 0 Å². The Labute approximate surface area is 211 Å². The standard InChI is InChI=1S/C20H16N2S8/c21-7-1-9-25-17-15(27-19(23)29-17)11-13-3-5-14(6-4-13)12-16-18(26-10-2-8-22)30-20(24)28-16/h3-6H,1-2,9-12H2. The second kappa shape index (κ2) is 12.5. The molecule has 0 fully saturated rings. The van der Waals surface area contributed by atoms with E-state index in [0.717, 1.165) is 30.6 Å². The molecule has 154 valence electrons. The van der Waals surface area contributed by atoms with E-state index >= 15 is 0 Å².